The van der Waals surface area contributed by atoms with Gasteiger partial charge in [0.25, 0.3) is 0 Å². The van der Waals surface area contributed by atoms with Crippen molar-refractivity contribution in [3.05, 3.63) is 65.7 Å². The van der Waals surface area contributed by atoms with Gasteiger partial charge < -0.3 is 14.7 Å². The number of likely N-dealkylation sites (N-methyl/N-ethyl adjacent to an activating group) is 1. The normalized spacial score (nSPS) is 21.4. The lowest BCUT2D eigenvalue weighted by atomic mass is 9.83. The van der Waals surface area contributed by atoms with Gasteiger partial charge in [-0.15, -0.1) is 0 Å². The van der Waals surface area contributed by atoms with Crippen molar-refractivity contribution in [1.82, 2.24) is 9.80 Å². The van der Waals surface area contributed by atoms with E-state index < -0.39 is 17.9 Å². The lowest BCUT2D eigenvalue weighted by Gasteiger charge is -2.28. The van der Waals surface area contributed by atoms with Gasteiger partial charge in [-0.3, -0.25) is 14.5 Å². The van der Waals surface area contributed by atoms with E-state index in [2.05, 4.69) is 0 Å². The first kappa shape index (κ1) is 21.8. The minimum absolute atomic E-state index is 0.00760. The van der Waals surface area contributed by atoms with E-state index in [9.17, 15) is 14.7 Å². The number of likely N-dealkylation sites (tertiary alicyclic amines) is 1. The maximum absolute atomic E-state index is 12.8. The molecule has 0 saturated carbocycles. The number of benzene rings is 2. The van der Waals surface area contributed by atoms with Crippen LogP contribution in [-0.4, -0.2) is 60.6 Å². The first-order valence-corrected chi connectivity index (χ1v) is 10.4. The third-order valence-electron chi connectivity index (χ3n) is 5.89. The zero-order valence-electron chi connectivity index (χ0n) is 17.8. The minimum Gasteiger partial charge on any atom is -0.497 e. The van der Waals surface area contributed by atoms with Crippen molar-refractivity contribution in [1.29, 1.82) is 0 Å². The number of nitrogens with zero attached hydrogens (tertiary/aromatic N) is 2. The quantitative estimate of drug-likeness (QED) is 0.722. The van der Waals surface area contributed by atoms with Gasteiger partial charge in [-0.2, -0.15) is 0 Å². The van der Waals surface area contributed by atoms with Crippen LogP contribution in [0.5, 0.6) is 5.75 Å². The summed E-state index contributed by atoms with van der Waals surface area (Å²) in [5.41, 5.74) is 1.87. The number of methoxy groups -OCH3 is 1. The first-order valence-electron chi connectivity index (χ1n) is 10.4. The molecule has 1 fully saturated rings. The van der Waals surface area contributed by atoms with Crippen molar-refractivity contribution in [2.45, 2.75) is 25.3 Å². The SMILES string of the molecule is CCCN(C)C(=O)CN1CC(c2ccccc2)[C@H](C(=O)O)[C@H]1c1ccc(OC)cc1. The van der Waals surface area contributed by atoms with Gasteiger partial charge in [0, 0.05) is 32.1 Å². The van der Waals surface area contributed by atoms with E-state index in [0.717, 1.165) is 17.5 Å². The Morgan fingerprint density at radius 1 is 1.10 bits per heavy atom. The van der Waals surface area contributed by atoms with Crippen LogP contribution in [0.2, 0.25) is 0 Å². The molecule has 6 nitrogen and oxygen atoms in total. The standard InChI is InChI=1S/C24H30N2O4/c1-4-14-25(2)21(27)16-26-15-20(17-8-6-5-7-9-17)22(24(28)29)23(26)18-10-12-19(30-3)13-11-18/h5-13,20,22-23H,4,14-16H2,1-3H3,(H,28,29)/t20?,22-,23+/m0/s1. The van der Waals surface area contributed by atoms with Crippen molar-refractivity contribution < 1.29 is 19.4 Å². The summed E-state index contributed by atoms with van der Waals surface area (Å²) >= 11 is 0. The molecular weight excluding hydrogens is 380 g/mol. The summed E-state index contributed by atoms with van der Waals surface area (Å²) in [4.78, 5) is 29.0. The van der Waals surface area contributed by atoms with E-state index in [-0.39, 0.29) is 18.4 Å². The summed E-state index contributed by atoms with van der Waals surface area (Å²) in [7, 11) is 3.40. The van der Waals surface area contributed by atoms with Gasteiger partial charge in [0.05, 0.1) is 19.6 Å². The van der Waals surface area contributed by atoms with E-state index in [1.807, 2.05) is 66.4 Å². The Morgan fingerprint density at radius 3 is 2.33 bits per heavy atom. The Kier molecular flexibility index (Phi) is 7.11. The third-order valence-corrected chi connectivity index (χ3v) is 5.89. The molecule has 30 heavy (non-hydrogen) atoms. The molecule has 1 aliphatic heterocycles. The molecule has 0 aliphatic carbocycles. The largest absolute Gasteiger partial charge is 0.497 e. The molecule has 0 bridgehead atoms. The highest BCUT2D eigenvalue weighted by molar-refractivity contribution is 5.79. The molecule has 1 N–H and O–H groups in total. The maximum atomic E-state index is 12.8. The Labute approximate surface area is 178 Å². The van der Waals surface area contributed by atoms with E-state index >= 15 is 0 Å². The lowest BCUT2D eigenvalue weighted by molar-refractivity contribution is -0.143. The summed E-state index contributed by atoms with van der Waals surface area (Å²) in [6.07, 6.45) is 0.883. The number of carbonyl (C=O) groups is 2. The van der Waals surface area contributed by atoms with E-state index in [4.69, 9.17) is 4.74 Å². The van der Waals surface area contributed by atoms with Crippen LogP contribution in [0, 0.1) is 5.92 Å². The topological polar surface area (TPSA) is 70.1 Å². The Bertz CT molecular complexity index is 853. The number of amides is 1. The predicted octanol–water partition coefficient (Wildman–Crippen LogP) is 3.40. The number of hydrogen-bond donors (Lipinski definition) is 1. The van der Waals surface area contributed by atoms with Crippen LogP contribution >= 0.6 is 0 Å². The van der Waals surface area contributed by atoms with Crippen LogP contribution in [0.1, 0.15) is 36.4 Å². The van der Waals surface area contributed by atoms with Gasteiger partial charge in [-0.25, -0.2) is 0 Å². The second-order valence-corrected chi connectivity index (χ2v) is 7.84. The smallest absolute Gasteiger partial charge is 0.309 e. The number of ether oxygens (including phenoxy) is 1. The molecular formula is C24H30N2O4. The van der Waals surface area contributed by atoms with Gasteiger partial charge in [-0.05, 0) is 29.7 Å². The molecule has 3 atom stereocenters. The van der Waals surface area contributed by atoms with Gasteiger partial charge >= 0.3 is 5.97 Å². The fraction of sp³-hybridized carbons (Fsp3) is 0.417. The van der Waals surface area contributed by atoms with Crippen LogP contribution in [0.15, 0.2) is 54.6 Å². The monoisotopic (exact) mass is 410 g/mol. The molecule has 2 aromatic rings. The van der Waals surface area contributed by atoms with Crippen LogP contribution in [-0.2, 0) is 9.59 Å². The number of carboxylic acids is 1. The van der Waals surface area contributed by atoms with Crippen LogP contribution in [0.25, 0.3) is 0 Å². The highest BCUT2D eigenvalue weighted by Gasteiger charge is 2.47. The Hall–Kier alpha value is -2.86. The molecule has 0 spiro atoms. The van der Waals surface area contributed by atoms with E-state index in [1.165, 1.54) is 0 Å². The Morgan fingerprint density at radius 2 is 1.77 bits per heavy atom. The van der Waals surface area contributed by atoms with Crippen molar-refractivity contribution in [2.75, 3.05) is 33.8 Å². The third kappa shape index (κ3) is 4.65. The summed E-state index contributed by atoms with van der Waals surface area (Å²) < 4.78 is 5.26. The van der Waals surface area contributed by atoms with E-state index in [0.29, 0.717) is 18.8 Å². The molecule has 1 amide bonds. The fourth-order valence-electron chi connectivity index (χ4n) is 4.38. The molecule has 0 radical (unpaired) electrons. The predicted molar refractivity (Wildman–Crippen MR) is 116 cm³/mol. The lowest BCUT2D eigenvalue weighted by Crippen LogP contribution is -2.39. The highest BCUT2D eigenvalue weighted by atomic mass is 16.5. The molecule has 6 heteroatoms. The molecule has 1 unspecified atom stereocenters. The number of aliphatic carboxylic acids is 1. The van der Waals surface area contributed by atoms with Gasteiger partial charge in [0.15, 0.2) is 0 Å². The highest BCUT2D eigenvalue weighted by Crippen LogP contribution is 2.46. The molecule has 2 aromatic carbocycles. The summed E-state index contributed by atoms with van der Waals surface area (Å²) in [6, 6.07) is 16.8. The summed E-state index contributed by atoms with van der Waals surface area (Å²) in [5.74, 6) is -0.964. The number of rotatable bonds is 8. The van der Waals surface area contributed by atoms with Crippen LogP contribution in [0.4, 0.5) is 0 Å². The zero-order valence-corrected chi connectivity index (χ0v) is 17.8. The average Bonchev–Trinajstić information content (AvgIpc) is 3.14. The molecule has 1 saturated heterocycles. The molecule has 0 aromatic heterocycles. The molecule has 1 heterocycles. The number of hydrogen-bond acceptors (Lipinski definition) is 4. The van der Waals surface area contributed by atoms with Crippen LogP contribution < -0.4 is 4.74 Å². The van der Waals surface area contributed by atoms with E-state index in [1.54, 1.807) is 19.1 Å². The second kappa shape index (κ2) is 9.76. The molecule has 3 rings (SSSR count). The van der Waals surface area contributed by atoms with Gasteiger partial charge in [0.1, 0.15) is 5.75 Å². The summed E-state index contributed by atoms with van der Waals surface area (Å²) in [5, 5.41) is 10.2. The van der Waals surface area contributed by atoms with Gasteiger partial charge in [-0.1, -0.05) is 49.4 Å². The van der Waals surface area contributed by atoms with Crippen molar-refractivity contribution in [2.24, 2.45) is 5.92 Å². The zero-order chi connectivity index (χ0) is 21.7. The van der Waals surface area contributed by atoms with Gasteiger partial charge in [0.2, 0.25) is 5.91 Å². The van der Waals surface area contributed by atoms with Crippen LogP contribution in [0.3, 0.4) is 0 Å². The summed E-state index contributed by atoms with van der Waals surface area (Å²) in [6.45, 7) is 3.43. The molecule has 1 aliphatic rings. The number of carboxylic acid groups (broad SMARTS) is 1. The average molecular weight is 411 g/mol. The fourth-order valence-corrected chi connectivity index (χ4v) is 4.38. The first-order chi connectivity index (χ1) is 14.5. The Balaban J connectivity index is 1.98. The molecule has 160 valence electrons. The van der Waals surface area contributed by atoms with Crippen molar-refractivity contribution >= 4 is 11.9 Å². The second-order valence-electron chi connectivity index (χ2n) is 7.84. The maximum Gasteiger partial charge on any atom is 0.309 e. The van der Waals surface area contributed by atoms with Crippen molar-refractivity contribution in [3.63, 3.8) is 0 Å². The van der Waals surface area contributed by atoms with Crippen molar-refractivity contribution in [3.8, 4) is 5.75 Å². The minimum atomic E-state index is -0.846. The number of carbonyl (C=O) groups excluding carboxylic acids is 1.